The molecule has 2 rings (SSSR count). The van der Waals surface area contributed by atoms with Crippen LogP contribution < -0.4 is 10.6 Å². The van der Waals surface area contributed by atoms with Gasteiger partial charge in [0.25, 0.3) is 0 Å². The van der Waals surface area contributed by atoms with Crippen molar-refractivity contribution in [3.8, 4) is 0 Å². The fraction of sp³-hybridized carbons (Fsp3) is 0.588. The van der Waals surface area contributed by atoms with Gasteiger partial charge in [-0.15, -0.1) is 24.0 Å². The molecule has 7 heteroatoms. The molecule has 0 amide bonds. The van der Waals surface area contributed by atoms with Gasteiger partial charge in [0.2, 0.25) is 0 Å². The fourth-order valence-corrected chi connectivity index (χ4v) is 3.14. The summed E-state index contributed by atoms with van der Waals surface area (Å²) < 4.78 is 19.0. The van der Waals surface area contributed by atoms with Crippen LogP contribution in [-0.4, -0.2) is 38.0 Å². The standard InChI is InChI=1S/C17H26FN3OS.HI/c1-3-19-17(21-11-16-5-4-8-22-16)20-10-13-6-7-15(18)9-14(13)12-23-2;/h6-7,9,16H,3-5,8,10-12H2,1-2H3,(H2,19,20,21);1H. The summed E-state index contributed by atoms with van der Waals surface area (Å²) >= 11 is 1.69. The summed E-state index contributed by atoms with van der Waals surface area (Å²) in [5.41, 5.74) is 2.08. The lowest BCUT2D eigenvalue weighted by atomic mass is 10.1. The van der Waals surface area contributed by atoms with Gasteiger partial charge in [-0.3, -0.25) is 0 Å². The summed E-state index contributed by atoms with van der Waals surface area (Å²) in [5, 5.41) is 6.57. The highest BCUT2D eigenvalue weighted by molar-refractivity contribution is 14.0. The molecule has 0 radical (unpaired) electrons. The fourth-order valence-electron chi connectivity index (χ4n) is 2.56. The highest BCUT2D eigenvalue weighted by Crippen LogP contribution is 2.17. The van der Waals surface area contributed by atoms with Crippen LogP contribution in [0.25, 0.3) is 0 Å². The molecule has 1 aliphatic heterocycles. The molecule has 1 aromatic carbocycles. The van der Waals surface area contributed by atoms with Gasteiger partial charge in [-0.1, -0.05) is 6.07 Å². The van der Waals surface area contributed by atoms with Gasteiger partial charge in [-0.2, -0.15) is 11.8 Å². The van der Waals surface area contributed by atoms with Crippen LogP contribution in [0.3, 0.4) is 0 Å². The van der Waals surface area contributed by atoms with E-state index < -0.39 is 0 Å². The van der Waals surface area contributed by atoms with Crippen LogP contribution in [0, 0.1) is 5.82 Å². The van der Waals surface area contributed by atoms with E-state index in [0.29, 0.717) is 6.54 Å². The van der Waals surface area contributed by atoms with Crippen molar-refractivity contribution >= 4 is 41.7 Å². The molecule has 2 N–H and O–H groups in total. The maximum Gasteiger partial charge on any atom is 0.191 e. The Bertz CT molecular complexity index is 525. The van der Waals surface area contributed by atoms with Crippen molar-refractivity contribution in [1.82, 2.24) is 10.6 Å². The Hall–Kier alpha value is -0.540. The molecule has 0 spiro atoms. The second-order valence-corrected chi connectivity index (χ2v) is 6.42. The summed E-state index contributed by atoms with van der Waals surface area (Å²) in [6.07, 6.45) is 4.53. The van der Waals surface area contributed by atoms with Crippen molar-refractivity contribution in [3.05, 3.63) is 35.1 Å². The molecule has 136 valence electrons. The first kappa shape index (κ1) is 21.5. The molecule has 1 unspecified atom stereocenters. The third kappa shape index (κ3) is 7.14. The van der Waals surface area contributed by atoms with Gasteiger partial charge in [-0.05, 0) is 49.3 Å². The zero-order valence-electron chi connectivity index (χ0n) is 14.3. The number of ether oxygens (including phenoxy) is 1. The SMILES string of the molecule is CCNC(=NCc1ccc(F)cc1CSC)NCC1CCCO1.I. The van der Waals surface area contributed by atoms with E-state index in [1.807, 2.05) is 19.2 Å². The lowest BCUT2D eigenvalue weighted by Crippen LogP contribution is -2.41. The highest BCUT2D eigenvalue weighted by Gasteiger charge is 2.15. The molecule has 0 aliphatic carbocycles. The normalized spacial score (nSPS) is 17.5. The lowest BCUT2D eigenvalue weighted by molar-refractivity contribution is 0.114. The summed E-state index contributed by atoms with van der Waals surface area (Å²) in [6, 6.07) is 4.93. The first-order chi connectivity index (χ1) is 11.2. The largest absolute Gasteiger partial charge is 0.376 e. The van der Waals surface area contributed by atoms with Gasteiger partial charge < -0.3 is 15.4 Å². The second-order valence-electron chi connectivity index (χ2n) is 5.56. The minimum Gasteiger partial charge on any atom is -0.376 e. The minimum atomic E-state index is -0.190. The molecule has 1 aliphatic rings. The molecule has 24 heavy (non-hydrogen) atoms. The summed E-state index contributed by atoms with van der Waals surface area (Å²) in [5.74, 6) is 1.38. The van der Waals surface area contributed by atoms with Gasteiger partial charge in [0.1, 0.15) is 5.82 Å². The van der Waals surface area contributed by atoms with E-state index in [0.717, 1.165) is 55.4 Å². The van der Waals surface area contributed by atoms with E-state index in [2.05, 4.69) is 15.6 Å². The third-order valence-corrected chi connectivity index (χ3v) is 4.34. The molecule has 0 aromatic heterocycles. The van der Waals surface area contributed by atoms with Crippen molar-refractivity contribution < 1.29 is 9.13 Å². The quantitative estimate of drug-likeness (QED) is 0.366. The van der Waals surface area contributed by atoms with Crippen LogP contribution in [0.1, 0.15) is 30.9 Å². The third-order valence-electron chi connectivity index (χ3n) is 3.74. The maximum atomic E-state index is 13.4. The number of hydrogen-bond acceptors (Lipinski definition) is 3. The van der Waals surface area contributed by atoms with Crippen LogP contribution in [0.5, 0.6) is 0 Å². The average molecular weight is 467 g/mol. The Morgan fingerprint density at radius 1 is 1.38 bits per heavy atom. The number of thioether (sulfide) groups is 1. The summed E-state index contributed by atoms with van der Waals surface area (Å²) in [4.78, 5) is 4.62. The van der Waals surface area contributed by atoms with Crippen LogP contribution in [0.4, 0.5) is 4.39 Å². The molecule has 1 heterocycles. The van der Waals surface area contributed by atoms with Crippen LogP contribution >= 0.6 is 35.7 Å². The smallest absolute Gasteiger partial charge is 0.191 e. The van der Waals surface area contributed by atoms with E-state index in [-0.39, 0.29) is 35.9 Å². The van der Waals surface area contributed by atoms with Gasteiger partial charge >= 0.3 is 0 Å². The molecular weight excluding hydrogens is 440 g/mol. The number of rotatable bonds is 7. The first-order valence-electron chi connectivity index (χ1n) is 8.13. The topological polar surface area (TPSA) is 45.7 Å². The number of nitrogens with one attached hydrogen (secondary N) is 2. The summed E-state index contributed by atoms with van der Waals surface area (Å²) in [6.45, 7) is 5.01. The molecule has 1 fully saturated rings. The molecule has 1 saturated heterocycles. The van der Waals surface area contributed by atoms with Gasteiger partial charge in [0, 0.05) is 25.4 Å². The van der Waals surface area contributed by atoms with E-state index in [9.17, 15) is 4.39 Å². The Morgan fingerprint density at radius 2 is 2.21 bits per heavy atom. The van der Waals surface area contributed by atoms with Crippen LogP contribution in [0.2, 0.25) is 0 Å². The average Bonchev–Trinajstić information content (AvgIpc) is 3.05. The Balaban J connectivity index is 0.00000288. The molecule has 4 nitrogen and oxygen atoms in total. The van der Waals surface area contributed by atoms with Gasteiger partial charge in [0.05, 0.1) is 12.6 Å². The van der Waals surface area contributed by atoms with E-state index >= 15 is 0 Å². The highest BCUT2D eigenvalue weighted by atomic mass is 127. The lowest BCUT2D eigenvalue weighted by Gasteiger charge is -2.15. The summed E-state index contributed by atoms with van der Waals surface area (Å²) in [7, 11) is 0. The van der Waals surface area contributed by atoms with E-state index in [1.54, 1.807) is 17.8 Å². The Kier molecular flexibility index (Phi) is 10.7. The number of aliphatic imine (C=N–C) groups is 1. The van der Waals surface area contributed by atoms with Crippen LogP contribution in [-0.2, 0) is 17.0 Å². The number of guanidine groups is 1. The molecular formula is C17H27FIN3OS. The van der Waals surface area contributed by atoms with Gasteiger partial charge in [-0.25, -0.2) is 9.38 Å². The molecule has 1 atom stereocenters. The van der Waals surface area contributed by atoms with Crippen molar-refractivity contribution in [1.29, 1.82) is 0 Å². The molecule has 0 bridgehead atoms. The van der Waals surface area contributed by atoms with E-state index in [4.69, 9.17) is 4.74 Å². The monoisotopic (exact) mass is 467 g/mol. The number of benzene rings is 1. The maximum absolute atomic E-state index is 13.4. The zero-order valence-corrected chi connectivity index (χ0v) is 17.5. The van der Waals surface area contributed by atoms with E-state index in [1.165, 1.54) is 6.07 Å². The predicted octanol–water partition coefficient (Wildman–Crippen LogP) is 3.54. The van der Waals surface area contributed by atoms with Crippen molar-refractivity contribution in [2.24, 2.45) is 4.99 Å². The van der Waals surface area contributed by atoms with Crippen LogP contribution in [0.15, 0.2) is 23.2 Å². The van der Waals surface area contributed by atoms with Gasteiger partial charge in [0.15, 0.2) is 5.96 Å². The van der Waals surface area contributed by atoms with Crippen molar-refractivity contribution in [2.75, 3.05) is 26.0 Å². The van der Waals surface area contributed by atoms with Crippen molar-refractivity contribution in [2.45, 2.75) is 38.2 Å². The zero-order chi connectivity index (χ0) is 16.5. The number of nitrogens with zero attached hydrogens (tertiary/aromatic N) is 1. The second kappa shape index (κ2) is 11.9. The first-order valence-corrected chi connectivity index (χ1v) is 9.52. The number of hydrogen-bond donors (Lipinski definition) is 2. The Morgan fingerprint density at radius 3 is 2.88 bits per heavy atom. The Labute approximate surface area is 165 Å². The predicted molar refractivity (Wildman–Crippen MR) is 111 cm³/mol. The minimum absolute atomic E-state index is 0. The number of halogens is 2. The molecule has 0 saturated carbocycles. The van der Waals surface area contributed by atoms with Crippen molar-refractivity contribution in [3.63, 3.8) is 0 Å². The molecule has 1 aromatic rings.